The fraction of sp³-hybridized carbons (Fsp3) is 0.571. The van der Waals surface area contributed by atoms with Crippen molar-refractivity contribution in [1.29, 1.82) is 0 Å². The molecule has 0 radical (unpaired) electrons. The monoisotopic (exact) mass is 314 g/mol. The van der Waals surface area contributed by atoms with Crippen LogP contribution in [0.2, 0.25) is 0 Å². The quantitative estimate of drug-likeness (QED) is 0.831. The first-order chi connectivity index (χ1) is 9.92. The Hall–Kier alpha value is -1.15. The zero-order chi connectivity index (χ0) is 15.5. The number of nitrogens with zero attached hydrogens (tertiary/aromatic N) is 1. The van der Waals surface area contributed by atoms with Crippen LogP contribution in [0.15, 0.2) is 29.2 Å². The number of anilines is 1. The summed E-state index contributed by atoms with van der Waals surface area (Å²) in [5.41, 5.74) is 0.931. The number of rotatable bonds is 5. The predicted octanol–water partition coefficient (Wildman–Crippen LogP) is 0.571. The SMILES string of the molecule is CC(C)NS(=O)(=O)c1ccc(N2CCOC(CO)C2)cc1. The van der Waals surface area contributed by atoms with Crippen molar-refractivity contribution in [3.8, 4) is 0 Å². The number of morpholine rings is 1. The van der Waals surface area contributed by atoms with Crippen molar-refractivity contribution in [2.75, 3.05) is 31.2 Å². The summed E-state index contributed by atoms with van der Waals surface area (Å²) in [4.78, 5) is 2.34. The smallest absolute Gasteiger partial charge is 0.240 e. The second-order valence-corrected chi connectivity index (χ2v) is 7.11. The minimum atomic E-state index is -3.46. The third kappa shape index (κ3) is 4.16. The zero-order valence-electron chi connectivity index (χ0n) is 12.3. The van der Waals surface area contributed by atoms with Crippen molar-refractivity contribution in [1.82, 2.24) is 4.72 Å². The van der Waals surface area contributed by atoms with Gasteiger partial charge in [0.1, 0.15) is 0 Å². The van der Waals surface area contributed by atoms with E-state index < -0.39 is 10.0 Å². The average Bonchev–Trinajstić information content (AvgIpc) is 2.46. The van der Waals surface area contributed by atoms with Gasteiger partial charge in [-0.1, -0.05) is 0 Å². The third-order valence-corrected chi connectivity index (χ3v) is 4.92. The fourth-order valence-corrected chi connectivity index (χ4v) is 3.53. The highest BCUT2D eigenvalue weighted by Crippen LogP contribution is 2.20. The van der Waals surface area contributed by atoms with E-state index in [1.165, 1.54) is 0 Å². The van der Waals surface area contributed by atoms with E-state index in [4.69, 9.17) is 9.84 Å². The molecule has 0 amide bonds. The van der Waals surface area contributed by atoms with Gasteiger partial charge >= 0.3 is 0 Å². The first-order valence-electron chi connectivity index (χ1n) is 7.02. The number of nitrogens with one attached hydrogen (secondary N) is 1. The molecule has 0 spiro atoms. The molecule has 2 rings (SSSR count). The lowest BCUT2D eigenvalue weighted by Gasteiger charge is -2.33. The van der Waals surface area contributed by atoms with Crippen LogP contribution in [-0.4, -0.2) is 52.0 Å². The Bertz CT molecular complexity index is 557. The van der Waals surface area contributed by atoms with Gasteiger partial charge in [-0.15, -0.1) is 0 Å². The summed E-state index contributed by atoms with van der Waals surface area (Å²) in [6, 6.07) is 6.63. The van der Waals surface area contributed by atoms with E-state index in [9.17, 15) is 8.42 Å². The van der Waals surface area contributed by atoms with E-state index in [0.717, 1.165) is 12.2 Å². The molecule has 0 aromatic heterocycles. The molecule has 1 saturated heterocycles. The van der Waals surface area contributed by atoms with Crippen molar-refractivity contribution in [3.05, 3.63) is 24.3 Å². The maximum absolute atomic E-state index is 12.1. The van der Waals surface area contributed by atoms with E-state index in [2.05, 4.69) is 9.62 Å². The van der Waals surface area contributed by atoms with Crippen molar-refractivity contribution in [2.45, 2.75) is 30.9 Å². The molecule has 1 aromatic carbocycles. The minimum Gasteiger partial charge on any atom is -0.394 e. The Morgan fingerprint density at radius 1 is 1.38 bits per heavy atom. The molecule has 0 bridgehead atoms. The van der Waals surface area contributed by atoms with Gasteiger partial charge in [-0.05, 0) is 38.1 Å². The van der Waals surface area contributed by atoms with Gasteiger partial charge in [-0.3, -0.25) is 0 Å². The molecule has 1 atom stereocenters. The summed E-state index contributed by atoms with van der Waals surface area (Å²) in [6.45, 7) is 5.45. The Kier molecular flexibility index (Phi) is 5.21. The highest BCUT2D eigenvalue weighted by atomic mass is 32.2. The first-order valence-corrected chi connectivity index (χ1v) is 8.50. The van der Waals surface area contributed by atoms with Gasteiger partial charge in [0.05, 0.1) is 24.2 Å². The topological polar surface area (TPSA) is 78.9 Å². The number of ether oxygens (including phenoxy) is 1. The second-order valence-electron chi connectivity index (χ2n) is 5.39. The lowest BCUT2D eigenvalue weighted by atomic mass is 10.2. The van der Waals surface area contributed by atoms with Crippen LogP contribution in [0.4, 0.5) is 5.69 Å². The summed E-state index contributed by atoms with van der Waals surface area (Å²) in [6.07, 6.45) is -0.190. The molecule has 118 valence electrons. The van der Waals surface area contributed by atoms with E-state index in [0.29, 0.717) is 13.2 Å². The van der Waals surface area contributed by atoms with E-state index in [1.54, 1.807) is 38.1 Å². The van der Waals surface area contributed by atoms with Crippen LogP contribution in [0.25, 0.3) is 0 Å². The van der Waals surface area contributed by atoms with Gasteiger partial charge in [0, 0.05) is 24.8 Å². The minimum absolute atomic E-state index is 0.0126. The van der Waals surface area contributed by atoms with Crippen LogP contribution in [0.5, 0.6) is 0 Å². The van der Waals surface area contributed by atoms with Gasteiger partial charge in [-0.25, -0.2) is 13.1 Å². The van der Waals surface area contributed by atoms with Gasteiger partial charge in [0.15, 0.2) is 0 Å². The summed E-state index contributed by atoms with van der Waals surface area (Å²) >= 11 is 0. The molecule has 21 heavy (non-hydrogen) atoms. The number of hydrogen-bond donors (Lipinski definition) is 2. The van der Waals surface area contributed by atoms with Crippen LogP contribution in [0.1, 0.15) is 13.8 Å². The zero-order valence-corrected chi connectivity index (χ0v) is 13.1. The van der Waals surface area contributed by atoms with Gasteiger partial charge in [0.25, 0.3) is 0 Å². The van der Waals surface area contributed by atoms with Crippen LogP contribution in [0, 0.1) is 0 Å². The lowest BCUT2D eigenvalue weighted by molar-refractivity contribution is 0.00356. The molecule has 1 unspecified atom stereocenters. The summed E-state index contributed by atoms with van der Waals surface area (Å²) in [5.74, 6) is 0. The Labute approximate surface area is 125 Å². The maximum Gasteiger partial charge on any atom is 0.240 e. The van der Waals surface area contributed by atoms with Crippen LogP contribution in [-0.2, 0) is 14.8 Å². The van der Waals surface area contributed by atoms with Gasteiger partial charge < -0.3 is 14.7 Å². The summed E-state index contributed by atoms with van der Waals surface area (Å²) in [7, 11) is -3.46. The largest absolute Gasteiger partial charge is 0.394 e. The lowest BCUT2D eigenvalue weighted by Crippen LogP contribution is -2.44. The van der Waals surface area contributed by atoms with Crippen molar-refractivity contribution in [2.24, 2.45) is 0 Å². The fourth-order valence-electron chi connectivity index (χ4n) is 2.28. The van der Waals surface area contributed by atoms with E-state index >= 15 is 0 Å². The molecular formula is C14H22N2O4S. The molecule has 6 nitrogen and oxygen atoms in total. The molecule has 1 aliphatic rings. The predicted molar refractivity (Wildman–Crippen MR) is 80.9 cm³/mol. The Balaban J connectivity index is 2.12. The standard InChI is InChI=1S/C14H22N2O4S/c1-11(2)15-21(18,19)14-5-3-12(4-6-14)16-7-8-20-13(9-16)10-17/h3-6,11,13,15,17H,7-10H2,1-2H3. The summed E-state index contributed by atoms with van der Waals surface area (Å²) < 4.78 is 32.1. The second kappa shape index (κ2) is 6.74. The molecule has 1 aliphatic heterocycles. The molecule has 1 aromatic rings. The normalized spacial score (nSPS) is 20.0. The number of benzene rings is 1. The molecule has 0 saturated carbocycles. The van der Waals surface area contributed by atoms with Crippen molar-refractivity contribution >= 4 is 15.7 Å². The Morgan fingerprint density at radius 3 is 2.62 bits per heavy atom. The van der Waals surface area contributed by atoms with E-state index in [1.807, 2.05) is 0 Å². The van der Waals surface area contributed by atoms with Crippen molar-refractivity contribution < 1.29 is 18.3 Å². The van der Waals surface area contributed by atoms with Crippen LogP contribution in [0.3, 0.4) is 0 Å². The molecule has 7 heteroatoms. The first kappa shape index (κ1) is 16.2. The number of sulfonamides is 1. The average molecular weight is 314 g/mol. The number of hydrogen-bond acceptors (Lipinski definition) is 5. The molecule has 1 fully saturated rings. The molecule has 1 heterocycles. The maximum atomic E-state index is 12.1. The highest BCUT2D eigenvalue weighted by molar-refractivity contribution is 7.89. The third-order valence-electron chi connectivity index (χ3n) is 3.25. The summed E-state index contributed by atoms with van der Waals surface area (Å²) in [5, 5.41) is 9.15. The van der Waals surface area contributed by atoms with Crippen molar-refractivity contribution in [3.63, 3.8) is 0 Å². The highest BCUT2D eigenvalue weighted by Gasteiger charge is 2.21. The van der Waals surface area contributed by atoms with Gasteiger partial charge in [-0.2, -0.15) is 0 Å². The van der Waals surface area contributed by atoms with Crippen LogP contribution >= 0.6 is 0 Å². The Morgan fingerprint density at radius 2 is 2.05 bits per heavy atom. The number of aliphatic hydroxyl groups excluding tert-OH is 1. The van der Waals surface area contributed by atoms with Gasteiger partial charge in [0.2, 0.25) is 10.0 Å². The van der Waals surface area contributed by atoms with E-state index in [-0.39, 0.29) is 23.6 Å². The molecule has 0 aliphatic carbocycles. The van der Waals surface area contributed by atoms with Crippen LogP contribution < -0.4 is 9.62 Å². The molecule has 2 N–H and O–H groups in total. The molecular weight excluding hydrogens is 292 g/mol. The number of aliphatic hydroxyl groups is 1.